The van der Waals surface area contributed by atoms with Gasteiger partial charge in [0.1, 0.15) is 0 Å². The molecule has 0 aliphatic carbocycles. The molecule has 5 heteroatoms. The third-order valence-corrected chi connectivity index (χ3v) is 4.28. The van der Waals surface area contributed by atoms with Gasteiger partial charge in [-0.05, 0) is 49.2 Å². The Bertz CT molecular complexity index is 964. The number of rotatable bonds is 6. The van der Waals surface area contributed by atoms with Gasteiger partial charge < -0.3 is 15.4 Å². The van der Waals surface area contributed by atoms with Gasteiger partial charge in [0.2, 0.25) is 0 Å². The fourth-order valence-electron chi connectivity index (χ4n) is 2.84. The molecule has 0 heterocycles. The van der Waals surface area contributed by atoms with Crippen LogP contribution in [0, 0.1) is 13.8 Å². The van der Waals surface area contributed by atoms with Gasteiger partial charge in [-0.1, -0.05) is 48.5 Å². The van der Waals surface area contributed by atoms with Gasteiger partial charge in [0, 0.05) is 11.4 Å². The smallest absolute Gasteiger partial charge is 0.340 e. The van der Waals surface area contributed by atoms with E-state index in [0.29, 0.717) is 11.3 Å². The summed E-state index contributed by atoms with van der Waals surface area (Å²) in [4.78, 5) is 24.7. The molecule has 3 aromatic carbocycles. The highest BCUT2D eigenvalue weighted by Gasteiger charge is 2.15. The molecule has 0 atom stereocenters. The second-order valence-corrected chi connectivity index (χ2v) is 6.43. The van der Waals surface area contributed by atoms with E-state index in [-0.39, 0.29) is 12.5 Å². The monoisotopic (exact) mass is 374 g/mol. The van der Waals surface area contributed by atoms with E-state index in [1.54, 1.807) is 18.2 Å². The van der Waals surface area contributed by atoms with Crippen molar-refractivity contribution in [2.24, 2.45) is 0 Å². The average Bonchev–Trinajstić information content (AvgIpc) is 2.70. The Morgan fingerprint density at radius 2 is 1.46 bits per heavy atom. The molecule has 3 rings (SSSR count). The van der Waals surface area contributed by atoms with Gasteiger partial charge in [-0.15, -0.1) is 0 Å². The van der Waals surface area contributed by atoms with Crippen LogP contribution in [-0.4, -0.2) is 18.5 Å². The number of hydrogen-bond acceptors (Lipinski definition) is 4. The van der Waals surface area contributed by atoms with Gasteiger partial charge in [0.05, 0.1) is 11.3 Å². The second kappa shape index (κ2) is 8.86. The van der Waals surface area contributed by atoms with E-state index in [2.05, 4.69) is 10.6 Å². The lowest BCUT2D eigenvalue weighted by atomic mass is 10.1. The number of benzene rings is 3. The van der Waals surface area contributed by atoms with Crippen molar-refractivity contribution in [3.63, 3.8) is 0 Å². The van der Waals surface area contributed by atoms with Crippen LogP contribution in [0.15, 0.2) is 72.8 Å². The average molecular weight is 374 g/mol. The number of amides is 1. The SMILES string of the molecule is Cc1cccc(C)c1NC(=O)COC(=O)c1ccccc1Nc1ccccc1. The lowest BCUT2D eigenvalue weighted by Gasteiger charge is -2.13. The van der Waals surface area contributed by atoms with E-state index in [4.69, 9.17) is 4.74 Å². The molecular weight excluding hydrogens is 352 g/mol. The quantitative estimate of drug-likeness (QED) is 0.606. The summed E-state index contributed by atoms with van der Waals surface area (Å²) in [6.45, 7) is 3.48. The molecule has 3 aromatic rings. The lowest BCUT2D eigenvalue weighted by molar-refractivity contribution is -0.119. The normalized spacial score (nSPS) is 10.2. The van der Waals surface area contributed by atoms with Gasteiger partial charge in [-0.25, -0.2) is 4.79 Å². The number of carbonyl (C=O) groups excluding carboxylic acids is 2. The Labute approximate surface area is 164 Å². The minimum atomic E-state index is -0.560. The number of para-hydroxylation sites is 3. The molecule has 0 unspecified atom stereocenters. The molecule has 0 saturated heterocycles. The van der Waals surface area contributed by atoms with Gasteiger partial charge >= 0.3 is 5.97 Å². The highest BCUT2D eigenvalue weighted by atomic mass is 16.5. The molecule has 0 aliphatic rings. The third-order valence-electron chi connectivity index (χ3n) is 4.28. The van der Waals surface area contributed by atoms with Crippen LogP contribution in [0.2, 0.25) is 0 Å². The molecule has 0 aliphatic heterocycles. The number of esters is 1. The topological polar surface area (TPSA) is 67.4 Å². The van der Waals surface area contributed by atoms with Crippen LogP contribution < -0.4 is 10.6 Å². The first-order valence-corrected chi connectivity index (χ1v) is 8.99. The van der Waals surface area contributed by atoms with Crippen LogP contribution in [0.3, 0.4) is 0 Å². The van der Waals surface area contributed by atoms with Crippen molar-refractivity contribution >= 4 is 28.9 Å². The zero-order valence-corrected chi connectivity index (χ0v) is 15.9. The predicted octanol–water partition coefficient (Wildman–Crippen LogP) is 4.84. The molecule has 0 aromatic heterocycles. The summed E-state index contributed by atoms with van der Waals surface area (Å²) < 4.78 is 5.23. The van der Waals surface area contributed by atoms with Crippen LogP contribution in [-0.2, 0) is 9.53 Å². The van der Waals surface area contributed by atoms with E-state index in [1.165, 1.54) is 0 Å². The Morgan fingerprint density at radius 3 is 2.18 bits per heavy atom. The van der Waals surface area contributed by atoms with Crippen LogP contribution in [0.25, 0.3) is 0 Å². The molecule has 2 N–H and O–H groups in total. The van der Waals surface area contributed by atoms with Crippen molar-refractivity contribution in [3.05, 3.63) is 89.5 Å². The van der Waals surface area contributed by atoms with Crippen molar-refractivity contribution in [3.8, 4) is 0 Å². The first kappa shape index (κ1) is 19.2. The van der Waals surface area contributed by atoms with Gasteiger partial charge in [0.25, 0.3) is 5.91 Å². The number of carbonyl (C=O) groups is 2. The van der Waals surface area contributed by atoms with Gasteiger partial charge in [-0.2, -0.15) is 0 Å². The second-order valence-electron chi connectivity index (χ2n) is 6.43. The molecule has 28 heavy (non-hydrogen) atoms. The van der Waals surface area contributed by atoms with Crippen LogP contribution in [0.1, 0.15) is 21.5 Å². The summed E-state index contributed by atoms with van der Waals surface area (Å²) >= 11 is 0. The molecule has 0 bridgehead atoms. The minimum Gasteiger partial charge on any atom is -0.452 e. The number of ether oxygens (including phenoxy) is 1. The zero-order chi connectivity index (χ0) is 19.9. The number of anilines is 3. The maximum absolute atomic E-state index is 12.5. The Balaban J connectivity index is 1.64. The van der Waals surface area contributed by atoms with E-state index < -0.39 is 5.97 Å². The summed E-state index contributed by atoms with van der Waals surface area (Å²) in [6.07, 6.45) is 0. The number of aryl methyl sites for hydroxylation is 2. The van der Waals surface area contributed by atoms with Crippen LogP contribution >= 0.6 is 0 Å². The van der Waals surface area contributed by atoms with Crippen molar-refractivity contribution in [2.75, 3.05) is 17.2 Å². The van der Waals surface area contributed by atoms with Crippen LogP contribution in [0.4, 0.5) is 17.1 Å². The van der Waals surface area contributed by atoms with Crippen molar-refractivity contribution in [2.45, 2.75) is 13.8 Å². The number of hydrogen-bond donors (Lipinski definition) is 2. The Morgan fingerprint density at radius 1 is 0.821 bits per heavy atom. The maximum atomic E-state index is 12.5. The van der Waals surface area contributed by atoms with Crippen molar-refractivity contribution in [1.82, 2.24) is 0 Å². The fraction of sp³-hybridized carbons (Fsp3) is 0.130. The Kier molecular flexibility index (Phi) is 6.07. The van der Waals surface area contributed by atoms with Crippen molar-refractivity contribution in [1.29, 1.82) is 0 Å². The largest absolute Gasteiger partial charge is 0.452 e. The van der Waals surface area contributed by atoms with Crippen LogP contribution in [0.5, 0.6) is 0 Å². The molecule has 0 saturated carbocycles. The zero-order valence-electron chi connectivity index (χ0n) is 15.9. The molecule has 5 nitrogen and oxygen atoms in total. The molecule has 0 radical (unpaired) electrons. The number of nitrogens with one attached hydrogen (secondary N) is 2. The molecule has 0 spiro atoms. The molecule has 142 valence electrons. The van der Waals surface area contributed by atoms with E-state index in [1.807, 2.05) is 68.4 Å². The summed E-state index contributed by atoms with van der Waals surface area (Å²) in [6, 6.07) is 22.3. The van der Waals surface area contributed by atoms with E-state index >= 15 is 0 Å². The summed E-state index contributed by atoms with van der Waals surface area (Å²) in [5, 5.41) is 6.00. The van der Waals surface area contributed by atoms with Crippen molar-refractivity contribution < 1.29 is 14.3 Å². The summed E-state index contributed by atoms with van der Waals surface area (Å²) in [7, 11) is 0. The molecular formula is C23H22N2O3. The van der Waals surface area contributed by atoms with Gasteiger partial charge in [0.15, 0.2) is 6.61 Å². The lowest BCUT2D eigenvalue weighted by Crippen LogP contribution is -2.22. The summed E-state index contributed by atoms with van der Waals surface area (Å²) in [5.74, 6) is -0.935. The predicted molar refractivity (Wildman–Crippen MR) is 111 cm³/mol. The summed E-state index contributed by atoms with van der Waals surface area (Å²) in [5.41, 5.74) is 4.50. The van der Waals surface area contributed by atoms with Gasteiger partial charge in [-0.3, -0.25) is 4.79 Å². The highest BCUT2D eigenvalue weighted by molar-refractivity contribution is 5.99. The van der Waals surface area contributed by atoms with E-state index in [9.17, 15) is 9.59 Å². The minimum absolute atomic E-state index is 0.355. The first-order valence-electron chi connectivity index (χ1n) is 8.99. The molecule has 1 amide bonds. The Hall–Kier alpha value is -3.60. The maximum Gasteiger partial charge on any atom is 0.340 e. The first-order chi connectivity index (χ1) is 13.5. The highest BCUT2D eigenvalue weighted by Crippen LogP contribution is 2.22. The molecule has 0 fully saturated rings. The van der Waals surface area contributed by atoms with E-state index in [0.717, 1.165) is 22.5 Å². The fourth-order valence-corrected chi connectivity index (χ4v) is 2.84. The third kappa shape index (κ3) is 4.76. The standard InChI is InChI=1S/C23H22N2O3/c1-16-9-8-10-17(2)22(16)25-21(26)15-28-23(27)19-13-6-7-14-20(19)24-18-11-4-3-5-12-18/h3-14,24H,15H2,1-2H3,(H,25,26).